The molecule has 1 saturated carbocycles. The van der Waals surface area contributed by atoms with Gasteiger partial charge in [-0.15, -0.1) is 0 Å². The molecule has 1 aromatic carbocycles. The van der Waals surface area contributed by atoms with Crippen molar-refractivity contribution in [2.24, 2.45) is 5.92 Å². The van der Waals surface area contributed by atoms with Gasteiger partial charge in [0.2, 0.25) is 0 Å². The van der Waals surface area contributed by atoms with Crippen LogP contribution < -0.4 is 10.1 Å². The molecule has 0 saturated heterocycles. The largest absolute Gasteiger partial charge is 0.478 e. The molecule has 96 valence electrons. The molecule has 1 aliphatic carbocycles. The zero-order valence-electron chi connectivity index (χ0n) is 10.9. The molecule has 1 N–H and O–H groups in total. The van der Waals surface area contributed by atoms with Gasteiger partial charge in [-0.3, -0.25) is 0 Å². The Bertz CT molecular complexity index is 421. The maximum absolute atomic E-state index is 8.55. The van der Waals surface area contributed by atoms with E-state index in [9.17, 15) is 0 Å². The minimum absolute atomic E-state index is 0.106. The number of nitrogens with zero attached hydrogens (tertiary/aromatic N) is 1. The average Bonchev–Trinajstić information content (AvgIpc) is 3.18. The van der Waals surface area contributed by atoms with Crippen LogP contribution in [0.3, 0.4) is 0 Å². The van der Waals surface area contributed by atoms with Crippen LogP contribution in [-0.4, -0.2) is 12.6 Å². The highest BCUT2D eigenvalue weighted by Gasteiger charge is 2.23. The number of rotatable bonds is 7. The van der Waals surface area contributed by atoms with Crippen LogP contribution in [-0.2, 0) is 6.54 Å². The summed E-state index contributed by atoms with van der Waals surface area (Å²) in [6, 6.07) is 10.4. The van der Waals surface area contributed by atoms with Crippen LogP contribution in [0.1, 0.15) is 31.7 Å². The molecule has 1 fully saturated rings. The molecule has 0 aliphatic heterocycles. The third-order valence-corrected chi connectivity index (χ3v) is 3.29. The summed E-state index contributed by atoms with van der Waals surface area (Å²) in [4.78, 5) is 0. The van der Waals surface area contributed by atoms with Crippen molar-refractivity contribution in [1.29, 1.82) is 5.26 Å². The molecule has 2 rings (SSSR count). The summed E-state index contributed by atoms with van der Waals surface area (Å²) in [7, 11) is 0. The van der Waals surface area contributed by atoms with Crippen molar-refractivity contribution in [1.82, 2.24) is 5.32 Å². The fourth-order valence-electron chi connectivity index (χ4n) is 2.12. The van der Waals surface area contributed by atoms with Gasteiger partial charge in [-0.05, 0) is 25.3 Å². The number of hydrogen-bond acceptors (Lipinski definition) is 3. The van der Waals surface area contributed by atoms with Crippen molar-refractivity contribution < 1.29 is 4.74 Å². The lowest BCUT2D eigenvalue weighted by atomic mass is 10.1. The molecule has 0 heterocycles. The molecule has 0 spiro atoms. The van der Waals surface area contributed by atoms with E-state index in [-0.39, 0.29) is 6.61 Å². The molecular formula is C15H20N2O. The van der Waals surface area contributed by atoms with E-state index in [2.05, 4.69) is 12.2 Å². The average molecular weight is 244 g/mol. The molecule has 1 aliphatic rings. The topological polar surface area (TPSA) is 45.0 Å². The second-order valence-electron chi connectivity index (χ2n) is 5.02. The highest BCUT2D eigenvalue weighted by atomic mass is 16.5. The Kier molecular flexibility index (Phi) is 4.60. The Hall–Kier alpha value is -1.53. The van der Waals surface area contributed by atoms with Gasteiger partial charge >= 0.3 is 0 Å². The zero-order valence-corrected chi connectivity index (χ0v) is 10.9. The molecule has 3 heteroatoms. The Morgan fingerprint density at radius 1 is 1.44 bits per heavy atom. The molecule has 0 amide bonds. The van der Waals surface area contributed by atoms with E-state index in [1.807, 2.05) is 30.3 Å². The van der Waals surface area contributed by atoms with E-state index in [0.717, 1.165) is 23.8 Å². The van der Waals surface area contributed by atoms with Crippen LogP contribution in [0, 0.1) is 17.2 Å². The van der Waals surface area contributed by atoms with Gasteiger partial charge in [-0.1, -0.05) is 31.0 Å². The van der Waals surface area contributed by atoms with Gasteiger partial charge in [0.15, 0.2) is 6.61 Å². The lowest BCUT2D eigenvalue weighted by Crippen LogP contribution is -2.26. The molecule has 1 atom stereocenters. The molecule has 0 bridgehead atoms. The fraction of sp³-hybridized carbons (Fsp3) is 0.533. The van der Waals surface area contributed by atoms with Crippen LogP contribution in [0.2, 0.25) is 0 Å². The van der Waals surface area contributed by atoms with E-state index in [1.54, 1.807) is 0 Å². The summed E-state index contributed by atoms with van der Waals surface area (Å²) in [5.41, 5.74) is 1.12. The minimum atomic E-state index is 0.106. The Balaban J connectivity index is 1.85. The summed E-state index contributed by atoms with van der Waals surface area (Å²) < 4.78 is 5.41. The number of hydrogen-bond donors (Lipinski definition) is 1. The Labute approximate surface area is 109 Å². The van der Waals surface area contributed by atoms with E-state index in [4.69, 9.17) is 10.00 Å². The van der Waals surface area contributed by atoms with E-state index >= 15 is 0 Å². The van der Waals surface area contributed by atoms with Crippen LogP contribution >= 0.6 is 0 Å². The van der Waals surface area contributed by atoms with Crippen molar-refractivity contribution in [2.75, 3.05) is 6.61 Å². The van der Waals surface area contributed by atoms with Crippen LogP contribution in [0.5, 0.6) is 5.75 Å². The number of benzene rings is 1. The van der Waals surface area contributed by atoms with Crippen molar-refractivity contribution in [3.05, 3.63) is 29.8 Å². The summed E-state index contributed by atoms with van der Waals surface area (Å²) in [6.45, 7) is 3.14. The first-order valence-electron chi connectivity index (χ1n) is 6.60. The first-order valence-corrected chi connectivity index (χ1v) is 6.60. The van der Waals surface area contributed by atoms with Crippen molar-refractivity contribution in [3.8, 4) is 11.8 Å². The highest BCUT2D eigenvalue weighted by Crippen LogP contribution is 2.33. The lowest BCUT2D eigenvalue weighted by Gasteiger charge is -2.15. The summed E-state index contributed by atoms with van der Waals surface area (Å²) >= 11 is 0. The third kappa shape index (κ3) is 4.05. The van der Waals surface area contributed by atoms with E-state index in [0.29, 0.717) is 6.04 Å². The molecule has 18 heavy (non-hydrogen) atoms. The van der Waals surface area contributed by atoms with Gasteiger partial charge in [0.05, 0.1) is 0 Å². The smallest absolute Gasteiger partial charge is 0.174 e. The lowest BCUT2D eigenvalue weighted by molar-refractivity contribution is 0.361. The third-order valence-electron chi connectivity index (χ3n) is 3.29. The molecule has 0 radical (unpaired) electrons. The van der Waals surface area contributed by atoms with Crippen molar-refractivity contribution in [2.45, 2.75) is 38.8 Å². The van der Waals surface area contributed by atoms with Gasteiger partial charge in [0.25, 0.3) is 0 Å². The first-order chi connectivity index (χ1) is 8.79. The summed E-state index contributed by atoms with van der Waals surface area (Å²) in [5.74, 6) is 1.75. The van der Waals surface area contributed by atoms with Crippen molar-refractivity contribution in [3.63, 3.8) is 0 Å². The predicted octanol–water partition coefficient (Wildman–Crippen LogP) is 2.87. The van der Waals surface area contributed by atoms with E-state index < -0.39 is 0 Å². The number of para-hydroxylation sites is 1. The molecule has 1 aromatic rings. The second-order valence-corrected chi connectivity index (χ2v) is 5.02. The Morgan fingerprint density at radius 3 is 2.94 bits per heavy atom. The first kappa shape index (κ1) is 12.9. The van der Waals surface area contributed by atoms with Crippen LogP contribution in [0.15, 0.2) is 24.3 Å². The van der Waals surface area contributed by atoms with Gasteiger partial charge in [-0.25, -0.2) is 0 Å². The monoisotopic (exact) mass is 244 g/mol. The molecule has 3 nitrogen and oxygen atoms in total. The molecule has 0 aromatic heterocycles. The minimum Gasteiger partial charge on any atom is -0.478 e. The van der Waals surface area contributed by atoms with Gasteiger partial charge < -0.3 is 10.1 Å². The van der Waals surface area contributed by atoms with Crippen LogP contribution in [0.4, 0.5) is 0 Å². The Morgan fingerprint density at radius 2 is 2.22 bits per heavy atom. The summed E-state index contributed by atoms with van der Waals surface area (Å²) in [5, 5.41) is 12.1. The predicted molar refractivity (Wildman–Crippen MR) is 71.2 cm³/mol. The SMILES string of the molecule is CC(CC1CC1)NCc1ccccc1OCC#N. The van der Waals surface area contributed by atoms with Gasteiger partial charge in [-0.2, -0.15) is 5.26 Å². The molecular weight excluding hydrogens is 224 g/mol. The quantitative estimate of drug-likeness (QED) is 0.802. The number of nitriles is 1. The van der Waals surface area contributed by atoms with Gasteiger partial charge in [0.1, 0.15) is 11.8 Å². The van der Waals surface area contributed by atoms with Crippen LogP contribution in [0.25, 0.3) is 0 Å². The number of ether oxygens (including phenoxy) is 1. The van der Waals surface area contributed by atoms with Gasteiger partial charge in [0, 0.05) is 18.2 Å². The second kappa shape index (κ2) is 6.42. The fourth-order valence-corrected chi connectivity index (χ4v) is 2.12. The zero-order chi connectivity index (χ0) is 12.8. The molecule has 1 unspecified atom stereocenters. The maximum Gasteiger partial charge on any atom is 0.174 e. The maximum atomic E-state index is 8.55. The summed E-state index contributed by atoms with van der Waals surface area (Å²) in [6.07, 6.45) is 4.06. The standard InChI is InChI=1S/C15H20N2O/c1-12(10-13-6-7-13)17-11-14-4-2-3-5-15(14)18-9-8-16/h2-5,12-13,17H,6-7,9-11H2,1H3. The van der Waals surface area contributed by atoms with E-state index in [1.165, 1.54) is 19.3 Å². The number of nitrogens with one attached hydrogen (secondary N) is 1. The highest BCUT2D eigenvalue weighted by molar-refractivity contribution is 5.33. The normalized spacial score (nSPS) is 16.0. The van der Waals surface area contributed by atoms with Crippen molar-refractivity contribution >= 4 is 0 Å².